The first-order valence-corrected chi connectivity index (χ1v) is 8.00. The van der Waals surface area contributed by atoms with Crippen LogP contribution in [0.4, 0.5) is 0 Å². The minimum absolute atomic E-state index is 0.335. The second-order valence-electron chi connectivity index (χ2n) is 4.43. The summed E-state index contributed by atoms with van der Waals surface area (Å²) in [6, 6.07) is 8.60. The van der Waals surface area contributed by atoms with Crippen LogP contribution < -0.4 is 14.8 Å². The number of hydrogen-bond acceptors (Lipinski definition) is 4. The van der Waals surface area contributed by atoms with E-state index < -0.39 is 0 Å². The molecule has 0 aliphatic heterocycles. The average molecular weight is 356 g/mol. The Morgan fingerprint density at radius 1 is 1.30 bits per heavy atom. The van der Waals surface area contributed by atoms with Gasteiger partial charge in [-0.15, -0.1) is 11.3 Å². The van der Waals surface area contributed by atoms with Gasteiger partial charge in [-0.25, -0.2) is 0 Å². The van der Waals surface area contributed by atoms with Crippen molar-refractivity contribution in [3.05, 3.63) is 44.6 Å². The zero-order valence-corrected chi connectivity index (χ0v) is 14.2. The van der Waals surface area contributed by atoms with E-state index in [2.05, 4.69) is 51.7 Å². The van der Waals surface area contributed by atoms with Gasteiger partial charge in [-0.3, -0.25) is 0 Å². The third kappa shape index (κ3) is 3.53. The quantitative estimate of drug-likeness (QED) is 0.833. The number of rotatable bonds is 6. The summed E-state index contributed by atoms with van der Waals surface area (Å²) in [5, 5.41) is 5.61. The molecule has 0 fully saturated rings. The first-order chi connectivity index (χ1) is 9.65. The molecule has 0 amide bonds. The number of halogens is 1. The van der Waals surface area contributed by atoms with Crippen LogP contribution in [0.5, 0.6) is 11.5 Å². The van der Waals surface area contributed by atoms with Crippen LogP contribution >= 0.6 is 27.3 Å². The van der Waals surface area contributed by atoms with E-state index in [-0.39, 0.29) is 0 Å². The van der Waals surface area contributed by atoms with Crippen molar-refractivity contribution in [1.29, 1.82) is 0 Å². The minimum Gasteiger partial charge on any atom is -0.493 e. The number of ether oxygens (including phenoxy) is 2. The summed E-state index contributed by atoms with van der Waals surface area (Å²) >= 11 is 5.28. The van der Waals surface area contributed by atoms with Crippen molar-refractivity contribution in [2.75, 3.05) is 14.2 Å². The molecule has 1 aromatic heterocycles. The van der Waals surface area contributed by atoms with Gasteiger partial charge >= 0.3 is 0 Å². The third-order valence-corrected chi connectivity index (χ3v) is 4.72. The molecule has 0 spiro atoms. The molecule has 3 nitrogen and oxygen atoms in total. The Bertz CT molecular complexity index is 557. The van der Waals surface area contributed by atoms with Crippen molar-refractivity contribution in [2.24, 2.45) is 0 Å². The van der Waals surface area contributed by atoms with E-state index in [9.17, 15) is 0 Å². The summed E-state index contributed by atoms with van der Waals surface area (Å²) in [6.45, 7) is 2.94. The lowest BCUT2D eigenvalue weighted by Crippen LogP contribution is -2.17. The maximum Gasteiger partial charge on any atom is 0.174 e. The Morgan fingerprint density at radius 2 is 2.10 bits per heavy atom. The first kappa shape index (κ1) is 15.4. The third-order valence-electron chi connectivity index (χ3n) is 3.08. The SMILES string of the molecule is COc1cc(CNC(C)c2cccs2)cc(Br)c1OC. The fourth-order valence-electron chi connectivity index (χ4n) is 1.98. The average Bonchev–Trinajstić information content (AvgIpc) is 2.98. The number of hydrogen-bond donors (Lipinski definition) is 1. The molecule has 0 aliphatic carbocycles. The van der Waals surface area contributed by atoms with Gasteiger partial charge in [0.2, 0.25) is 0 Å². The molecule has 108 valence electrons. The molecule has 0 aliphatic rings. The maximum absolute atomic E-state index is 5.36. The van der Waals surface area contributed by atoms with Crippen LogP contribution in [0.15, 0.2) is 34.1 Å². The molecule has 0 saturated carbocycles. The van der Waals surface area contributed by atoms with Gasteiger partial charge in [0, 0.05) is 17.5 Å². The van der Waals surface area contributed by atoms with Gasteiger partial charge in [0.15, 0.2) is 11.5 Å². The van der Waals surface area contributed by atoms with E-state index in [1.165, 1.54) is 4.88 Å². The summed E-state index contributed by atoms with van der Waals surface area (Å²) < 4.78 is 11.6. The van der Waals surface area contributed by atoms with Crippen molar-refractivity contribution in [1.82, 2.24) is 5.32 Å². The summed E-state index contributed by atoms with van der Waals surface area (Å²) in [4.78, 5) is 1.34. The Hall–Kier alpha value is -1.04. The molecule has 0 radical (unpaired) electrons. The van der Waals surface area contributed by atoms with Crippen LogP contribution in [-0.2, 0) is 6.54 Å². The van der Waals surface area contributed by atoms with Gasteiger partial charge in [-0.05, 0) is 52.0 Å². The molecule has 1 heterocycles. The minimum atomic E-state index is 0.335. The van der Waals surface area contributed by atoms with Crippen LogP contribution in [0.3, 0.4) is 0 Å². The van der Waals surface area contributed by atoms with Crippen molar-refractivity contribution in [3.63, 3.8) is 0 Å². The Balaban J connectivity index is 2.08. The lowest BCUT2D eigenvalue weighted by atomic mass is 10.2. The molecule has 1 aromatic carbocycles. The van der Waals surface area contributed by atoms with Gasteiger partial charge in [0.05, 0.1) is 18.7 Å². The summed E-state index contributed by atoms with van der Waals surface area (Å²) in [6.07, 6.45) is 0. The molecule has 0 saturated heterocycles. The highest BCUT2D eigenvalue weighted by Crippen LogP contribution is 2.36. The first-order valence-electron chi connectivity index (χ1n) is 6.33. The zero-order chi connectivity index (χ0) is 14.5. The van der Waals surface area contributed by atoms with Crippen molar-refractivity contribution in [2.45, 2.75) is 19.5 Å². The number of benzene rings is 1. The highest BCUT2D eigenvalue weighted by atomic mass is 79.9. The molecular formula is C15H18BrNO2S. The predicted octanol–water partition coefficient (Wildman–Crippen LogP) is 4.38. The van der Waals surface area contributed by atoms with Crippen molar-refractivity contribution >= 4 is 27.3 Å². The smallest absolute Gasteiger partial charge is 0.174 e. The molecule has 5 heteroatoms. The molecule has 2 rings (SSSR count). The highest BCUT2D eigenvalue weighted by molar-refractivity contribution is 9.10. The van der Waals surface area contributed by atoms with Gasteiger partial charge in [0.25, 0.3) is 0 Å². The lowest BCUT2D eigenvalue weighted by molar-refractivity contribution is 0.352. The largest absolute Gasteiger partial charge is 0.493 e. The Morgan fingerprint density at radius 3 is 2.70 bits per heavy atom. The van der Waals surface area contributed by atoms with E-state index in [1.54, 1.807) is 25.6 Å². The Kier molecular flexibility index (Phi) is 5.46. The van der Waals surface area contributed by atoms with Crippen molar-refractivity contribution in [3.8, 4) is 11.5 Å². The van der Waals surface area contributed by atoms with Crippen molar-refractivity contribution < 1.29 is 9.47 Å². The van der Waals surface area contributed by atoms with Gasteiger partial charge in [0.1, 0.15) is 0 Å². The predicted molar refractivity (Wildman–Crippen MR) is 86.8 cm³/mol. The van der Waals surface area contributed by atoms with E-state index in [0.717, 1.165) is 28.1 Å². The van der Waals surface area contributed by atoms with E-state index >= 15 is 0 Å². The lowest BCUT2D eigenvalue weighted by Gasteiger charge is -2.15. The number of thiophene rings is 1. The number of nitrogens with one attached hydrogen (secondary N) is 1. The molecular weight excluding hydrogens is 338 g/mol. The number of methoxy groups -OCH3 is 2. The summed E-state index contributed by atoms with van der Waals surface area (Å²) in [5.41, 5.74) is 1.15. The Labute approximate surface area is 132 Å². The standard InChI is InChI=1S/C15H18BrNO2S/c1-10(14-5-4-6-20-14)17-9-11-7-12(16)15(19-3)13(8-11)18-2/h4-8,10,17H,9H2,1-3H3. The molecule has 1 N–H and O–H groups in total. The highest BCUT2D eigenvalue weighted by Gasteiger charge is 2.11. The van der Waals surface area contributed by atoms with Crippen LogP contribution in [0.1, 0.15) is 23.4 Å². The summed E-state index contributed by atoms with van der Waals surface area (Å²) in [5.74, 6) is 1.46. The molecule has 2 aromatic rings. The zero-order valence-electron chi connectivity index (χ0n) is 11.8. The van der Waals surface area contributed by atoms with Crippen LogP contribution in [-0.4, -0.2) is 14.2 Å². The monoisotopic (exact) mass is 355 g/mol. The fraction of sp³-hybridized carbons (Fsp3) is 0.333. The van der Waals surface area contributed by atoms with Gasteiger partial charge in [-0.2, -0.15) is 0 Å². The second kappa shape index (κ2) is 7.11. The molecule has 0 bridgehead atoms. The van der Waals surface area contributed by atoms with E-state index in [0.29, 0.717) is 6.04 Å². The van der Waals surface area contributed by atoms with Gasteiger partial charge in [-0.1, -0.05) is 6.07 Å². The van der Waals surface area contributed by atoms with E-state index in [1.807, 2.05) is 6.07 Å². The van der Waals surface area contributed by atoms with Crippen LogP contribution in [0.25, 0.3) is 0 Å². The topological polar surface area (TPSA) is 30.5 Å². The van der Waals surface area contributed by atoms with Crippen LogP contribution in [0.2, 0.25) is 0 Å². The fourth-order valence-corrected chi connectivity index (χ4v) is 3.39. The normalized spacial score (nSPS) is 12.2. The second-order valence-corrected chi connectivity index (χ2v) is 6.26. The molecule has 1 atom stereocenters. The molecule has 20 heavy (non-hydrogen) atoms. The summed E-state index contributed by atoms with van der Waals surface area (Å²) in [7, 11) is 3.29. The molecule has 1 unspecified atom stereocenters. The van der Waals surface area contributed by atoms with Gasteiger partial charge < -0.3 is 14.8 Å². The maximum atomic E-state index is 5.36. The van der Waals surface area contributed by atoms with Crippen LogP contribution in [0, 0.1) is 0 Å². The van der Waals surface area contributed by atoms with E-state index in [4.69, 9.17) is 9.47 Å².